The van der Waals surface area contributed by atoms with E-state index in [-0.39, 0.29) is 37.0 Å². The molecule has 29 heavy (non-hydrogen) atoms. The van der Waals surface area contributed by atoms with Crippen molar-refractivity contribution in [2.24, 2.45) is 0 Å². The van der Waals surface area contributed by atoms with Gasteiger partial charge in [0.1, 0.15) is 17.0 Å². The van der Waals surface area contributed by atoms with E-state index in [0.29, 0.717) is 5.56 Å². The van der Waals surface area contributed by atoms with Crippen molar-refractivity contribution in [2.45, 2.75) is 45.3 Å². The number of rotatable bonds is 4. The number of halogens is 4. The standard InChI is InChI=1S/C19H16F4N4O.CH4/c20-12-6-4-11(5-7-12)10-16(28)26-18-24-14-8-9-15(19(21,22)23)25-17(14)27(18)13-2-1-3-13;/h4-9,13H,1-3,10H2,(H,24,26,28);1H4. The summed E-state index contributed by atoms with van der Waals surface area (Å²) in [6.45, 7) is 0. The van der Waals surface area contributed by atoms with Crippen molar-refractivity contribution in [2.75, 3.05) is 5.32 Å². The summed E-state index contributed by atoms with van der Waals surface area (Å²) in [5.74, 6) is -0.611. The number of nitrogens with one attached hydrogen (secondary N) is 1. The van der Waals surface area contributed by atoms with Gasteiger partial charge in [0.05, 0.1) is 6.42 Å². The molecule has 5 nitrogen and oxygen atoms in total. The van der Waals surface area contributed by atoms with Crippen LogP contribution in [0.1, 0.15) is 44.0 Å². The van der Waals surface area contributed by atoms with Crippen LogP contribution in [-0.2, 0) is 17.4 Å². The molecule has 9 heteroatoms. The SMILES string of the molecule is C.O=C(Cc1ccc(F)cc1)Nc1nc2ccc(C(F)(F)F)nc2n1C1CCC1. The van der Waals surface area contributed by atoms with Gasteiger partial charge in [-0.05, 0) is 49.1 Å². The van der Waals surface area contributed by atoms with Gasteiger partial charge in [-0.25, -0.2) is 14.4 Å². The van der Waals surface area contributed by atoms with Gasteiger partial charge in [-0.15, -0.1) is 0 Å². The van der Waals surface area contributed by atoms with Crippen molar-refractivity contribution >= 4 is 23.0 Å². The number of pyridine rings is 1. The number of nitrogens with zero attached hydrogens (tertiary/aromatic N) is 3. The van der Waals surface area contributed by atoms with E-state index < -0.39 is 23.6 Å². The molecule has 1 amide bonds. The minimum atomic E-state index is -4.56. The Hall–Kier alpha value is -2.97. The van der Waals surface area contributed by atoms with E-state index in [1.165, 1.54) is 30.3 Å². The molecule has 1 aliphatic carbocycles. The molecule has 154 valence electrons. The van der Waals surface area contributed by atoms with Crippen LogP contribution in [0.2, 0.25) is 0 Å². The van der Waals surface area contributed by atoms with E-state index >= 15 is 0 Å². The summed E-state index contributed by atoms with van der Waals surface area (Å²) in [5.41, 5.74) is 0.0148. The van der Waals surface area contributed by atoms with E-state index in [2.05, 4.69) is 15.3 Å². The van der Waals surface area contributed by atoms with Gasteiger partial charge in [0.2, 0.25) is 11.9 Å². The fraction of sp³-hybridized carbons (Fsp3) is 0.350. The summed E-state index contributed by atoms with van der Waals surface area (Å²) in [4.78, 5) is 20.4. The smallest absolute Gasteiger partial charge is 0.296 e. The van der Waals surface area contributed by atoms with Gasteiger partial charge >= 0.3 is 6.18 Å². The Bertz CT molecular complexity index is 1020. The second kappa shape index (κ2) is 7.81. The summed E-state index contributed by atoms with van der Waals surface area (Å²) in [6.07, 6.45) is -2.05. The predicted octanol–water partition coefficient (Wildman–Crippen LogP) is 5.13. The summed E-state index contributed by atoms with van der Waals surface area (Å²) in [5, 5.41) is 2.67. The molecule has 1 fully saturated rings. The number of carbonyl (C=O) groups is 1. The van der Waals surface area contributed by atoms with Gasteiger partial charge in [-0.2, -0.15) is 13.2 Å². The zero-order chi connectivity index (χ0) is 19.9. The first kappa shape index (κ1) is 20.8. The normalized spacial score (nSPS) is 14.3. The highest BCUT2D eigenvalue weighted by Crippen LogP contribution is 2.37. The molecule has 1 saturated carbocycles. The first-order valence-corrected chi connectivity index (χ1v) is 8.82. The predicted molar refractivity (Wildman–Crippen MR) is 101 cm³/mol. The van der Waals surface area contributed by atoms with Crippen LogP contribution in [-0.4, -0.2) is 20.4 Å². The van der Waals surface area contributed by atoms with E-state index in [0.717, 1.165) is 25.3 Å². The average molecular weight is 408 g/mol. The number of anilines is 1. The van der Waals surface area contributed by atoms with Crippen molar-refractivity contribution in [1.82, 2.24) is 14.5 Å². The number of aromatic nitrogens is 3. The minimum Gasteiger partial charge on any atom is -0.296 e. The van der Waals surface area contributed by atoms with Crippen LogP contribution >= 0.6 is 0 Å². The van der Waals surface area contributed by atoms with Gasteiger partial charge in [-0.1, -0.05) is 19.6 Å². The maximum atomic E-state index is 13.0. The second-order valence-corrected chi connectivity index (χ2v) is 6.78. The third-order valence-corrected chi connectivity index (χ3v) is 4.80. The van der Waals surface area contributed by atoms with Crippen molar-refractivity contribution in [3.05, 3.63) is 53.5 Å². The molecule has 2 aromatic heterocycles. The highest BCUT2D eigenvalue weighted by atomic mass is 19.4. The maximum Gasteiger partial charge on any atom is 0.433 e. The molecule has 0 aliphatic heterocycles. The molecule has 3 aromatic rings. The Morgan fingerprint density at radius 2 is 1.79 bits per heavy atom. The number of carbonyl (C=O) groups excluding carboxylic acids is 1. The van der Waals surface area contributed by atoms with E-state index in [4.69, 9.17) is 0 Å². The topological polar surface area (TPSA) is 59.8 Å². The average Bonchev–Trinajstić information content (AvgIpc) is 2.92. The molecule has 0 unspecified atom stereocenters. The van der Waals surface area contributed by atoms with Crippen molar-refractivity contribution in [3.8, 4) is 0 Å². The van der Waals surface area contributed by atoms with Crippen molar-refractivity contribution in [3.63, 3.8) is 0 Å². The summed E-state index contributed by atoms with van der Waals surface area (Å²) >= 11 is 0. The number of hydrogen-bond donors (Lipinski definition) is 1. The number of fused-ring (bicyclic) bond motifs is 1. The summed E-state index contributed by atoms with van der Waals surface area (Å²) in [7, 11) is 0. The van der Waals surface area contributed by atoms with E-state index in [1.54, 1.807) is 4.57 Å². The molecule has 1 N–H and O–H groups in total. The molecular weight excluding hydrogens is 388 g/mol. The van der Waals surface area contributed by atoms with Crippen LogP contribution in [0.15, 0.2) is 36.4 Å². The molecular formula is C20H20F4N4O. The third-order valence-electron chi connectivity index (χ3n) is 4.80. The number of amides is 1. The second-order valence-electron chi connectivity index (χ2n) is 6.78. The number of imidazole rings is 1. The third kappa shape index (κ3) is 4.23. The van der Waals surface area contributed by atoms with Crippen molar-refractivity contribution < 1.29 is 22.4 Å². The highest BCUT2D eigenvalue weighted by Gasteiger charge is 2.34. The first-order valence-electron chi connectivity index (χ1n) is 8.82. The van der Waals surface area contributed by atoms with Gasteiger partial charge < -0.3 is 0 Å². The van der Waals surface area contributed by atoms with Gasteiger partial charge in [0.25, 0.3) is 0 Å². The monoisotopic (exact) mass is 408 g/mol. The lowest BCUT2D eigenvalue weighted by Crippen LogP contribution is -2.23. The lowest BCUT2D eigenvalue weighted by atomic mass is 9.93. The van der Waals surface area contributed by atoms with Crippen LogP contribution in [0.25, 0.3) is 11.2 Å². The molecule has 1 aromatic carbocycles. The fourth-order valence-electron chi connectivity index (χ4n) is 3.17. The molecule has 0 saturated heterocycles. The number of alkyl halides is 3. The van der Waals surface area contributed by atoms with Crippen LogP contribution in [0.4, 0.5) is 23.5 Å². The van der Waals surface area contributed by atoms with Crippen molar-refractivity contribution in [1.29, 1.82) is 0 Å². The fourth-order valence-corrected chi connectivity index (χ4v) is 3.17. The van der Waals surface area contributed by atoms with E-state index in [1.807, 2.05) is 0 Å². The highest BCUT2D eigenvalue weighted by molar-refractivity contribution is 5.92. The molecule has 4 rings (SSSR count). The molecule has 0 spiro atoms. The molecule has 2 heterocycles. The Morgan fingerprint density at radius 1 is 1.10 bits per heavy atom. The van der Waals surface area contributed by atoms with Gasteiger partial charge in [0.15, 0.2) is 5.65 Å². The molecule has 0 atom stereocenters. The lowest BCUT2D eigenvalue weighted by molar-refractivity contribution is -0.141. The molecule has 0 bridgehead atoms. The Labute approximate surface area is 164 Å². The number of benzene rings is 1. The molecule has 0 radical (unpaired) electrons. The summed E-state index contributed by atoms with van der Waals surface area (Å²) in [6, 6.07) is 7.61. The van der Waals surface area contributed by atoms with Crippen LogP contribution in [0.5, 0.6) is 0 Å². The van der Waals surface area contributed by atoms with Gasteiger partial charge in [-0.3, -0.25) is 14.7 Å². The zero-order valence-corrected chi connectivity index (χ0v) is 14.6. The Kier molecular flexibility index (Phi) is 5.59. The minimum absolute atomic E-state index is 0. The van der Waals surface area contributed by atoms with Crippen LogP contribution in [0.3, 0.4) is 0 Å². The zero-order valence-electron chi connectivity index (χ0n) is 14.6. The maximum absolute atomic E-state index is 13.0. The summed E-state index contributed by atoms with van der Waals surface area (Å²) < 4.78 is 53.7. The Balaban J connectivity index is 0.00000240. The Morgan fingerprint density at radius 3 is 2.38 bits per heavy atom. The van der Waals surface area contributed by atoms with Gasteiger partial charge in [0, 0.05) is 6.04 Å². The molecule has 1 aliphatic rings. The lowest BCUT2D eigenvalue weighted by Gasteiger charge is -2.28. The quantitative estimate of drug-likeness (QED) is 0.609. The van der Waals surface area contributed by atoms with Crippen LogP contribution < -0.4 is 5.32 Å². The number of hydrogen-bond acceptors (Lipinski definition) is 3. The van der Waals surface area contributed by atoms with Crippen LogP contribution in [0, 0.1) is 5.82 Å². The first-order chi connectivity index (χ1) is 13.3. The van der Waals surface area contributed by atoms with E-state index in [9.17, 15) is 22.4 Å². The largest absolute Gasteiger partial charge is 0.433 e.